The Morgan fingerprint density at radius 1 is 0.800 bits per heavy atom. The molecule has 0 radical (unpaired) electrons. The van der Waals surface area contributed by atoms with Crippen molar-refractivity contribution in [2.24, 2.45) is 0 Å². The maximum Gasteiger partial charge on any atom is -0.0149 e. The molecule has 82 valence electrons. The molecule has 0 amide bonds. The third-order valence-corrected chi connectivity index (χ3v) is 2.45. The van der Waals surface area contributed by atoms with Crippen molar-refractivity contribution >= 4 is 10.8 Å². The largest absolute Gasteiger partial charge is 0.0776 e. The molecule has 0 bridgehead atoms. The standard InChI is InChI=1S/C13H14.2CH4/c1-10(2)12-9-5-7-11-6-3-4-8-13(11)12;;/h3-10H,1-2H3;2*1H4. The fraction of sp³-hybridized carbons (Fsp3) is 0.333. The van der Waals surface area contributed by atoms with Gasteiger partial charge in [0.05, 0.1) is 0 Å². The lowest BCUT2D eigenvalue weighted by Gasteiger charge is -2.08. The number of hydrogen-bond acceptors (Lipinski definition) is 0. The SMILES string of the molecule is C.C.CC(C)c1cccc2ccccc12. The van der Waals surface area contributed by atoms with Crippen molar-refractivity contribution in [2.75, 3.05) is 0 Å². The van der Waals surface area contributed by atoms with Crippen LogP contribution in [0.1, 0.15) is 40.2 Å². The van der Waals surface area contributed by atoms with E-state index in [1.54, 1.807) is 0 Å². The lowest BCUT2D eigenvalue weighted by molar-refractivity contribution is 0.876. The molecule has 2 rings (SSSR count). The summed E-state index contributed by atoms with van der Waals surface area (Å²) in [5, 5.41) is 2.73. The molecule has 0 saturated heterocycles. The molecule has 0 saturated carbocycles. The van der Waals surface area contributed by atoms with Crippen LogP contribution in [0.2, 0.25) is 0 Å². The maximum atomic E-state index is 2.24. The van der Waals surface area contributed by atoms with Gasteiger partial charge in [0.25, 0.3) is 0 Å². The molecular formula is C15H22. The van der Waals surface area contributed by atoms with Crippen molar-refractivity contribution in [1.29, 1.82) is 0 Å². The summed E-state index contributed by atoms with van der Waals surface area (Å²) in [6.07, 6.45) is 0. The summed E-state index contributed by atoms with van der Waals surface area (Å²) in [6, 6.07) is 15.1. The fourth-order valence-corrected chi connectivity index (χ4v) is 1.75. The Labute approximate surface area is 93.9 Å². The van der Waals surface area contributed by atoms with Crippen LogP contribution in [0.4, 0.5) is 0 Å². The van der Waals surface area contributed by atoms with Gasteiger partial charge in [0.1, 0.15) is 0 Å². The Morgan fingerprint density at radius 2 is 1.40 bits per heavy atom. The Hall–Kier alpha value is -1.30. The summed E-state index contributed by atoms with van der Waals surface area (Å²) in [5.41, 5.74) is 1.44. The zero-order chi connectivity index (χ0) is 9.26. The van der Waals surface area contributed by atoms with Gasteiger partial charge in [-0.05, 0) is 22.3 Å². The van der Waals surface area contributed by atoms with E-state index in [4.69, 9.17) is 0 Å². The molecule has 15 heavy (non-hydrogen) atoms. The third-order valence-electron chi connectivity index (χ3n) is 2.45. The topological polar surface area (TPSA) is 0 Å². The van der Waals surface area contributed by atoms with Gasteiger partial charge >= 0.3 is 0 Å². The minimum absolute atomic E-state index is 0. The lowest BCUT2D eigenvalue weighted by atomic mass is 9.96. The van der Waals surface area contributed by atoms with Crippen LogP contribution >= 0.6 is 0 Å². The van der Waals surface area contributed by atoms with Crippen LogP contribution in [0.5, 0.6) is 0 Å². The first-order chi connectivity index (χ1) is 6.29. The second-order valence-corrected chi connectivity index (χ2v) is 3.72. The molecule has 0 heteroatoms. The van der Waals surface area contributed by atoms with Gasteiger partial charge in [0.15, 0.2) is 0 Å². The van der Waals surface area contributed by atoms with Crippen LogP contribution in [-0.2, 0) is 0 Å². The van der Waals surface area contributed by atoms with E-state index < -0.39 is 0 Å². The molecule has 0 aliphatic rings. The summed E-state index contributed by atoms with van der Waals surface area (Å²) in [5.74, 6) is 0.603. The van der Waals surface area contributed by atoms with Crippen LogP contribution in [0.3, 0.4) is 0 Å². The molecule has 0 fully saturated rings. The first kappa shape index (κ1) is 13.7. The van der Waals surface area contributed by atoms with Crippen molar-refractivity contribution in [3.63, 3.8) is 0 Å². The molecule has 2 aromatic rings. The highest BCUT2D eigenvalue weighted by Crippen LogP contribution is 2.24. The highest BCUT2D eigenvalue weighted by Gasteiger charge is 2.02. The highest BCUT2D eigenvalue weighted by atomic mass is 14.1. The summed E-state index contributed by atoms with van der Waals surface area (Å²) < 4.78 is 0. The smallest absolute Gasteiger partial charge is 0.0149 e. The van der Waals surface area contributed by atoms with Crippen LogP contribution in [0.15, 0.2) is 42.5 Å². The monoisotopic (exact) mass is 202 g/mol. The first-order valence-corrected chi connectivity index (χ1v) is 4.76. The summed E-state index contributed by atoms with van der Waals surface area (Å²) >= 11 is 0. The Bertz CT molecular complexity index is 408. The molecule has 2 aromatic carbocycles. The molecular weight excluding hydrogens is 180 g/mol. The third kappa shape index (κ3) is 2.59. The van der Waals surface area contributed by atoms with Crippen molar-refractivity contribution in [3.05, 3.63) is 48.0 Å². The van der Waals surface area contributed by atoms with E-state index >= 15 is 0 Å². The highest BCUT2D eigenvalue weighted by molar-refractivity contribution is 5.86. The Kier molecular flexibility index (Phi) is 5.07. The molecule has 0 spiro atoms. The zero-order valence-electron chi connectivity index (χ0n) is 8.12. The van der Waals surface area contributed by atoms with E-state index in [0.717, 1.165) is 0 Å². The van der Waals surface area contributed by atoms with Gasteiger partial charge in [-0.3, -0.25) is 0 Å². The van der Waals surface area contributed by atoms with E-state index in [0.29, 0.717) is 5.92 Å². The van der Waals surface area contributed by atoms with E-state index in [1.807, 2.05) is 0 Å². The van der Waals surface area contributed by atoms with Gasteiger partial charge in [-0.2, -0.15) is 0 Å². The number of benzene rings is 2. The lowest BCUT2D eigenvalue weighted by Crippen LogP contribution is -1.88. The number of fused-ring (bicyclic) bond motifs is 1. The minimum atomic E-state index is 0. The number of rotatable bonds is 1. The molecule has 0 heterocycles. The van der Waals surface area contributed by atoms with Gasteiger partial charge in [-0.15, -0.1) is 0 Å². The van der Waals surface area contributed by atoms with Crippen molar-refractivity contribution in [2.45, 2.75) is 34.6 Å². The average molecular weight is 202 g/mol. The second kappa shape index (κ2) is 5.55. The Morgan fingerprint density at radius 3 is 2.07 bits per heavy atom. The molecule has 0 aliphatic carbocycles. The van der Waals surface area contributed by atoms with Crippen LogP contribution in [0, 0.1) is 0 Å². The van der Waals surface area contributed by atoms with Gasteiger partial charge in [0.2, 0.25) is 0 Å². The van der Waals surface area contributed by atoms with E-state index in [1.165, 1.54) is 16.3 Å². The summed E-state index contributed by atoms with van der Waals surface area (Å²) in [6.45, 7) is 4.48. The zero-order valence-corrected chi connectivity index (χ0v) is 8.12. The molecule has 0 nitrogen and oxygen atoms in total. The summed E-state index contributed by atoms with van der Waals surface area (Å²) in [7, 11) is 0. The van der Waals surface area contributed by atoms with Crippen molar-refractivity contribution < 1.29 is 0 Å². The normalized spacial score (nSPS) is 9.53. The van der Waals surface area contributed by atoms with Gasteiger partial charge < -0.3 is 0 Å². The molecule has 0 atom stereocenters. The Balaban J connectivity index is 0.000000980. The van der Waals surface area contributed by atoms with E-state index in [2.05, 4.69) is 56.3 Å². The second-order valence-electron chi connectivity index (χ2n) is 3.72. The summed E-state index contributed by atoms with van der Waals surface area (Å²) in [4.78, 5) is 0. The number of hydrogen-bond donors (Lipinski definition) is 0. The van der Waals surface area contributed by atoms with Gasteiger partial charge in [0, 0.05) is 0 Å². The fourth-order valence-electron chi connectivity index (χ4n) is 1.75. The predicted molar refractivity (Wildman–Crippen MR) is 71.5 cm³/mol. The molecule has 0 unspecified atom stereocenters. The van der Waals surface area contributed by atoms with Crippen molar-refractivity contribution in [1.82, 2.24) is 0 Å². The van der Waals surface area contributed by atoms with Crippen LogP contribution in [-0.4, -0.2) is 0 Å². The molecule has 0 aliphatic heterocycles. The molecule has 0 N–H and O–H groups in total. The van der Waals surface area contributed by atoms with E-state index in [9.17, 15) is 0 Å². The quantitative estimate of drug-likeness (QED) is 0.593. The predicted octanol–water partition coefficient (Wildman–Crippen LogP) is 5.24. The molecule has 0 aromatic heterocycles. The van der Waals surface area contributed by atoms with E-state index in [-0.39, 0.29) is 14.9 Å². The van der Waals surface area contributed by atoms with Crippen molar-refractivity contribution in [3.8, 4) is 0 Å². The van der Waals surface area contributed by atoms with Crippen LogP contribution < -0.4 is 0 Å². The van der Waals surface area contributed by atoms with Crippen LogP contribution in [0.25, 0.3) is 10.8 Å². The minimum Gasteiger partial charge on any atom is -0.0776 e. The first-order valence-electron chi connectivity index (χ1n) is 4.76. The van der Waals surface area contributed by atoms with Gasteiger partial charge in [-0.25, -0.2) is 0 Å². The maximum absolute atomic E-state index is 2.24. The average Bonchev–Trinajstić information content (AvgIpc) is 2.17. The van der Waals surface area contributed by atoms with Gasteiger partial charge in [-0.1, -0.05) is 71.2 Å².